The zero-order valence-corrected chi connectivity index (χ0v) is 15.8. The SMILES string of the molecule is Cc1cn2cc(-c3cccc(NC(=O)c4ccc(Br)cc4)c3)nc2s1. The van der Waals surface area contributed by atoms with Crippen LogP contribution in [-0.2, 0) is 0 Å². The van der Waals surface area contributed by atoms with Gasteiger partial charge in [-0.1, -0.05) is 28.1 Å². The fourth-order valence-corrected chi connectivity index (χ4v) is 3.68. The first-order valence-electron chi connectivity index (χ1n) is 7.71. The topological polar surface area (TPSA) is 46.4 Å². The molecule has 0 unspecified atom stereocenters. The minimum absolute atomic E-state index is 0.133. The second kappa shape index (κ2) is 6.46. The van der Waals surface area contributed by atoms with Gasteiger partial charge in [-0.05, 0) is 43.3 Å². The number of amides is 1. The average molecular weight is 412 g/mol. The van der Waals surface area contributed by atoms with Crippen molar-refractivity contribution in [3.05, 3.63) is 75.8 Å². The van der Waals surface area contributed by atoms with Crippen molar-refractivity contribution in [2.45, 2.75) is 6.92 Å². The Morgan fingerprint density at radius 1 is 1.16 bits per heavy atom. The molecule has 0 saturated heterocycles. The van der Waals surface area contributed by atoms with E-state index in [0.29, 0.717) is 5.56 Å². The van der Waals surface area contributed by atoms with Crippen LogP contribution in [0, 0.1) is 6.92 Å². The summed E-state index contributed by atoms with van der Waals surface area (Å²) in [7, 11) is 0. The van der Waals surface area contributed by atoms with Crippen LogP contribution < -0.4 is 5.32 Å². The van der Waals surface area contributed by atoms with Gasteiger partial charge in [0.15, 0.2) is 4.96 Å². The van der Waals surface area contributed by atoms with Gasteiger partial charge in [0, 0.05) is 38.6 Å². The Bertz CT molecular complexity index is 1030. The quantitative estimate of drug-likeness (QED) is 0.491. The Hall–Kier alpha value is -2.44. The lowest BCUT2D eigenvalue weighted by Crippen LogP contribution is -2.11. The van der Waals surface area contributed by atoms with Crippen LogP contribution in [0.1, 0.15) is 15.2 Å². The van der Waals surface area contributed by atoms with E-state index in [9.17, 15) is 4.79 Å². The van der Waals surface area contributed by atoms with Gasteiger partial charge in [0.2, 0.25) is 0 Å². The van der Waals surface area contributed by atoms with Gasteiger partial charge in [-0.2, -0.15) is 0 Å². The molecule has 0 aliphatic rings. The number of imidazole rings is 1. The van der Waals surface area contributed by atoms with Crippen LogP contribution in [0.3, 0.4) is 0 Å². The third kappa shape index (κ3) is 3.36. The Balaban J connectivity index is 1.59. The van der Waals surface area contributed by atoms with Crippen molar-refractivity contribution in [3.63, 3.8) is 0 Å². The van der Waals surface area contributed by atoms with E-state index in [4.69, 9.17) is 0 Å². The average Bonchev–Trinajstić information content (AvgIpc) is 3.13. The molecule has 4 nitrogen and oxygen atoms in total. The highest BCUT2D eigenvalue weighted by molar-refractivity contribution is 9.10. The molecule has 0 aliphatic carbocycles. The van der Waals surface area contributed by atoms with Crippen molar-refractivity contribution in [1.82, 2.24) is 9.38 Å². The van der Waals surface area contributed by atoms with Gasteiger partial charge in [-0.15, -0.1) is 11.3 Å². The Labute approximate surface area is 157 Å². The summed E-state index contributed by atoms with van der Waals surface area (Å²) in [5.74, 6) is -0.133. The molecule has 2 aromatic heterocycles. The summed E-state index contributed by atoms with van der Waals surface area (Å²) < 4.78 is 2.98. The number of rotatable bonds is 3. The number of thiazole rings is 1. The minimum atomic E-state index is -0.133. The van der Waals surface area contributed by atoms with Gasteiger partial charge >= 0.3 is 0 Å². The van der Waals surface area contributed by atoms with Crippen molar-refractivity contribution in [3.8, 4) is 11.3 Å². The molecule has 0 atom stereocenters. The second-order valence-corrected chi connectivity index (χ2v) is 7.83. The highest BCUT2D eigenvalue weighted by Crippen LogP contribution is 2.25. The molecule has 2 heterocycles. The predicted octanol–water partition coefficient (Wildman–Crippen LogP) is 5.39. The van der Waals surface area contributed by atoms with Crippen LogP contribution in [0.25, 0.3) is 16.2 Å². The third-order valence-corrected chi connectivity index (χ3v) is 5.23. The molecule has 0 saturated carbocycles. The van der Waals surface area contributed by atoms with Crippen LogP contribution in [0.15, 0.2) is 65.4 Å². The van der Waals surface area contributed by atoms with Gasteiger partial charge in [0.1, 0.15) is 0 Å². The molecule has 1 N–H and O–H groups in total. The summed E-state index contributed by atoms with van der Waals surface area (Å²) in [4.78, 5) is 19.2. The lowest BCUT2D eigenvalue weighted by atomic mass is 10.1. The lowest BCUT2D eigenvalue weighted by molar-refractivity contribution is 0.102. The normalized spacial score (nSPS) is 11.0. The van der Waals surface area contributed by atoms with Gasteiger partial charge in [0.25, 0.3) is 5.91 Å². The van der Waals surface area contributed by atoms with E-state index in [1.165, 1.54) is 4.88 Å². The second-order valence-electron chi connectivity index (χ2n) is 5.70. The fourth-order valence-electron chi connectivity index (χ4n) is 2.61. The highest BCUT2D eigenvalue weighted by atomic mass is 79.9. The number of aromatic nitrogens is 2. The van der Waals surface area contributed by atoms with Crippen LogP contribution in [0.5, 0.6) is 0 Å². The summed E-state index contributed by atoms with van der Waals surface area (Å²) in [6.07, 6.45) is 4.07. The van der Waals surface area contributed by atoms with E-state index < -0.39 is 0 Å². The molecule has 0 fully saturated rings. The number of nitrogens with one attached hydrogen (secondary N) is 1. The molecule has 0 spiro atoms. The molecule has 124 valence electrons. The largest absolute Gasteiger partial charge is 0.322 e. The van der Waals surface area contributed by atoms with E-state index >= 15 is 0 Å². The number of hydrogen-bond acceptors (Lipinski definition) is 3. The number of fused-ring (bicyclic) bond motifs is 1. The molecular formula is C19H14BrN3OS. The van der Waals surface area contributed by atoms with Gasteiger partial charge in [-0.3, -0.25) is 9.20 Å². The van der Waals surface area contributed by atoms with E-state index in [1.54, 1.807) is 23.5 Å². The van der Waals surface area contributed by atoms with E-state index in [2.05, 4.69) is 39.4 Å². The molecule has 2 aromatic carbocycles. The Morgan fingerprint density at radius 3 is 2.72 bits per heavy atom. The maximum atomic E-state index is 12.4. The molecule has 6 heteroatoms. The number of halogens is 1. The monoisotopic (exact) mass is 411 g/mol. The van der Waals surface area contributed by atoms with Crippen LogP contribution >= 0.6 is 27.3 Å². The smallest absolute Gasteiger partial charge is 0.255 e. The molecule has 0 radical (unpaired) electrons. The Kier molecular flexibility index (Phi) is 4.15. The first-order valence-corrected chi connectivity index (χ1v) is 9.32. The molecule has 1 amide bonds. The van der Waals surface area contributed by atoms with Crippen molar-refractivity contribution in [2.24, 2.45) is 0 Å². The van der Waals surface area contributed by atoms with Crippen LogP contribution in [-0.4, -0.2) is 15.3 Å². The number of hydrogen-bond donors (Lipinski definition) is 1. The van der Waals surface area contributed by atoms with Crippen molar-refractivity contribution < 1.29 is 4.79 Å². The van der Waals surface area contributed by atoms with Crippen molar-refractivity contribution >= 4 is 43.8 Å². The van der Waals surface area contributed by atoms with Gasteiger partial charge in [0.05, 0.1) is 5.69 Å². The van der Waals surface area contributed by atoms with Crippen LogP contribution in [0.4, 0.5) is 5.69 Å². The van der Waals surface area contributed by atoms with Gasteiger partial charge in [-0.25, -0.2) is 4.98 Å². The summed E-state index contributed by atoms with van der Waals surface area (Å²) in [5, 5.41) is 2.94. The standard InChI is InChI=1S/C19H14BrN3OS/c1-12-10-23-11-17(22-19(23)25-12)14-3-2-4-16(9-14)21-18(24)13-5-7-15(20)8-6-13/h2-11H,1H3,(H,21,24). The van der Waals surface area contributed by atoms with Crippen LogP contribution in [0.2, 0.25) is 0 Å². The summed E-state index contributed by atoms with van der Waals surface area (Å²) in [6.45, 7) is 2.07. The number of benzene rings is 2. The maximum absolute atomic E-state index is 12.4. The van der Waals surface area contributed by atoms with Gasteiger partial charge < -0.3 is 5.32 Å². The highest BCUT2D eigenvalue weighted by Gasteiger charge is 2.09. The third-order valence-electron chi connectivity index (χ3n) is 3.79. The summed E-state index contributed by atoms with van der Waals surface area (Å²) >= 11 is 5.03. The lowest BCUT2D eigenvalue weighted by Gasteiger charge is -2.07. The number of nitrogens with zero attached hydrogens (tertiary/aromatic N) is 2. The fraction of sp³-hybridized carbons (Fsp3) is 0.0526. The van der Waals surface area contributed by atoms with E-state index in [1.807, 2.05) is 47.0 Å². The minimum Gasteiger partial charge on any atom is -0.322 e. The molecular weight excluding hydrogens is 398 g/mol. The number of carbonyl (C=O) groups excluding carboxylic acids is 1. The molecule has 4 rings (SSSR count). The maximum Gasteiger partial charge on any atom is 0.255 e. The predicted molar refractivity (Wildman–Crippen MR) is 105 cm³/mol. The number of carbonyl (C=O) groups is 1. The number of aryl methyl sites for hydroxylation is 1. The first-order chi connectivity index (χ1) is 12.1. The molecule has 0 bridgehead atoms. The molecule has 25 heavy (non-hydrogen) atoms. The van der Waals surface area contributed by atoms with Crippen molar-refractivity contribution in [2.75, 3.05) is 5.32 Å². The number of anilines is 1. The van der Waals surface area contributed by atoms with Crippen molar-refractivity contribution in [1.29, 1.82) is 0 Å². The van der Waals surface area contributed by atoms with E-state index in [-0.39, 0.29) is 5.91 Å². The first kappa shape index (κ1) is 16.1. The molecule has 0 aliphatic heterocycles. The van der Waals surface area contributed by atoms with E-state index in [0.717, 1.165) is 26.4 Å². The zero-order chi connectivity index (χ0) is 17.4. The molecule has 4 aromatic rings. The summed E-state index contributed by atoms with van der Waals surface area (Å²) in [5.41, 5.74) is 3.23. The summed E-state index contributed by atoms with van der Waals surface area (Å²) in [6, 6.07) is 15.0. The Morgan fingerprint density at radius 2 is 1.96 bits per heavy atom. The zero-order valence-electron chi connectivity index (χ0n) is 13.4.